The molecule has 0 N–H and O–H groups in total. The second kappa shape index (κ2) is 26.1. The minimum Gasteiger partial charge on any atom is -0.115 e. The Bertz CT molecular complexity index is 1400. The van der Waals surface area contributed by atoms with Crippen molar-refractivity contribution in [2.24, 2.45) is 0 Å². The highest BCUT2D eigenvalue weighted by molar-refractivity contribution is 5.89. The van der Waals surface area contributed by atoms with E-state index in [2.05, 4.69) is 86.5 Å². The van der Waals surface area contributed by atoms with Crippen LogP contribution < -0.4 is 0 Å². The van der Waals surface area contributed by atoms with Crippen LogP contribution in [0, 0.1) is 12.3 Å². The molecule has 53 heavy (non-hydrogen) atoms. The molecule has 1 aliphatic rings. The average molecular weight is 715 g/mol. The molecule has 0 saturated heterocycles. The standard InChI is InChI=1S/C53H78/c1-4-7-9-11-13-15-17-19-21-23-25-27-29-35-44-53(45-36-30-28-26-24-22-20-18-16-14-12-10-8-5-2)51-43-34-33-40-48(51)50-42-37-41-49(52(50)53)47-39-32-31-38-46(47)6-3/h3,31-34,37-43H,4-5,7-30,35-36,44-45H2,1-2H3. The molecule has 3 aromatic rings. The first-order valence-corrected chi connectivity index (χ1v) is 23.1. The van der Waals surface area contributed by atoms with E-state index in [1.54, 1.807) is 11.1 Å². The minimum absolute atomic E-state index is 0.0541. The van der Waals surface area contributed by atoms with Gasteiger partial charge in [0.05, 0.1) is 0 Å². The van der Waals surface area contributed by atoms with Gasteiger partial charge in [0.1, 0.15) is 0 Å². The smallest absolute Gasteiger partial charge is 0.0321 e. The summed E-state index contributed by atoms with van der Waals surface area (Å²) < 4.78 is 0. The number of benzene rings is 3. The third-order valence-electron chi connectivity index (χ3n) is 12.6. The second-order valence-corrected chi connectivity index (χ2v) is 16.7. The SMILES string of the molecule is C#Cc1ccccc1-c1cccc2c1C(CCCCCCCCCCCCCCCC)(CCCCCCCCCCCCCCCC)c1ccccc1-2. The van der Waals surface area contributed by atoms with E-state index in [1.165, 1.54) is 215 Å². The Morgan fingerprint density at radius 3 is 1.15 bits per heavy atom. The van der Waals surface area contributed by atoms with Gasteiger partial charge in [0, 0.05) is 11.0 Å². The maximum Gasteiger partial charge on any atom is 0.0321 e. The van der Waals surface area contributed by atoms with Crippen molar-refractivity contribution in [1.82, 2.24) is 0 Å². The topological polar surface area (TPSA) is 0 Å². The van der Waals surface area contributed by atoms with Gasteiger partial charge in [-0.2, -0.15) is 0 Å². The van der Waals surface area contributed by atoms with E-state index in [-0.39, 0.29) is 5.41 Å². The molecule has 0 spiro atoms. The van der Waals surface area contributed by atoms with Crippen LogP contribution in [0.4, 0.5) is 0 Å². The van der Waals surface area contributed by atoms with Crippen molar-refractivity contribution in [3.63, 3.8) is 0 Å². The van der Waals surface area contributed by atoms with Crippen LogP contribution in [0.15, 0.2) is 66.7 Å². The van der Waals surface area contributed by atoms with Crippen LogP contribution in [-0.4, -0.2) is 0 Å². The molecular weight excluding hydrogens is 637 g/mol. The van der Waals surface area contributed by atoms with Crippen molar-refractivity contribution in [1.29, 1.82) is 0 Å². The molecule has 0 heteroatoms. The number of unbranched alkanes of at least 4 members (excludes halogenated alkanes) is 26. The highest BCUT2D eigenvalue weighted by atomic mass is 14.5. The predicted molar refractivity (Wildman–Crippen MR) is 236 cm³/mol. The quantitative estimate of drug-likeness (QED) is 0.0460. The molecule has 0 heterocycles. The van der Waals surface area contributed by atoms with E-state index < -0.39 is 0 Å². The molecule has 0 atom stereocenters. The Balaban J connectivity index is 1.34. The van der Waals surface area contributed by atoms with Gasteiger partial charge >= 0.3 is 0 Å². The van der Waals surface area contributed by atoms with Gasteiger partial charge in [-0.25, -0.2) is 0 Å². The lowest BCUT2D eigenvalue weighted by Crippen LogP contribution is -2.26. The van der Waals surface area contributed by atoms with Crippen molar-refractivity contribution >= 4 is 0 Å². The van der Waals surface area contributed by atoms with Crippen LogP contribution in [0.2, 0.25) is 0 Å². The summed E-state index contributed by atoms with van der Waals surface area (Å²) >= 11 is 0. The summed E-state index contributed by atoms with van der Waals surface area (Å²) in [5.41, 5.74) is 9.70. The lowest BCUT2D eigenvalue weighted by atomic mass is 9.68. The van der Waals surface area contributed by atoms with Crippen LogP contribution >= 0.6 is 0 Å². The van der Waals surface area contributed by atoms with Gasteiger partial charge in [0.15, 0.2) is 0 Å². The molecule has 4 rings (SSSR count). The molecule has 1 aliphatic carbocycles. The second-order valence-electron chi connectivity index (χ2n) is 16.7. The molecule has 0 saturated carbocycles. The van der Waals surface area contributed by atoms with E-state index in [0.717, 1.165) is 5.56 Å². The first-order valence-electron chi connectivity index (χ1n) is 23.1. The molecule has 290 valence electrons. The van der Waals surface area contributed by atoms with Gasteiger partial charge in [0.2, 0.25) is 0 Å². The minimum atomic E-state index is 0.0541. The fraction of sp³-hybridized carbons (Fsp3) is 0.623. The normalized spacial score (nSPS) is 12.8. The molecular formula is C53H78. The van der Waals surface area contributed by atoms with Gasteiger partial charge < -0.3 is 0 Å². The highest BCUT2D eigenvalue weighted by Gasteiger charge is 2.43. The van der Waals surface area contributed by atoms with Gasteiger partial charge in [-0.1, -0.05) is 260 Å². The Morgan fingerprint density at radius 2 is 0.717 bits per heavy atom. The fourth-order valence-electron chi connectivity index (χ4n) is 9.52. The number of hydrogen-bond acceptors (Lipinski definition) is 0. The maximum atomic E-state index is 6.12. The van der Waals surface area contributed by atoms with Crippen molar-refractivity contribution in [3.05, 3.63) is 83.4 Å². The van der Waals surface area contributed by atoms with Crippen molar-refractivity contribution in [2.75, 3.05) is 0 Å². The Labute approximate surface area is 328 Å². The third-order valence-corrected chi connectivity index (χ3v) is 12.6. The Kier molecular flexibility index (Phi) is 21.2. The van der Waals surface area contributed by atoms with Crippen LogP contribution in [0.5, 0.6) is 0 Å². The monoisotopic (exact) mass is 715 g/mol. The Morgan fingerprint density at radius 1 is 0.377 bits per heavy atom. The zero-order chi connectivity index (χ0) is 37.2. The van der Waals surface area contributed by atoms with Gasteiger partial charge in [-0.3, -0.25) is 0 Å². The summed E-state index contributed by atoms with van der Waals surface area (Å²) in [6.07, 6.45) is 48.0. The Hall–Kier alpha value is -2.78. The van der Waals surface area contributed by atoms with Crippen LogP contribution in [0.3, 0.4) is 0 Å². The van der Waals surface area contributed by atoms with Crippen LogP contribution in [0.25, 0.3) is 22.3 Å². The summed E-state index contributed by atoms with van der Waals surface area (Å²) in [5, 5.41) is 0. The maximum absolute atomic E-state index is 6.12. The molecule has 0 aromatic heterocycles. The van der Waals surface area contributed by atoms with Gasteiger partial charge in [-0.15, -0.1) is 6.42 Å². The average Bonchev–Trinajstić information content (AvgIpc) is 3.47. The number of hydrogen-bond donors (Lipinski definition) is 0. The first-order chi connectivity index (χ1) is 26.3. The highest BCUT2D eigenvalue weighted by Crippen LogP contribution is 2.57. The number of rotatable bonds is 31. The lowest BCUT2D eigenvalue weighted by molar-refractivity contribution is 0.397. The molecule has 0 radical (unpaired) electrons. The fourth-order valence-corrected chi connectivity index (χ4v) is 9.52. The molecule has 0 fully saturated rings. The summed E-state index contributed by atoms with van der Waals surface area (Å²) in [6, 6.07) is 25.1. The van der Waals surface area contributed by atoms with Gasteiger partial charge in [-0.05, 0) is 52.3 Å². The van der Waals surface area contributed by atoms with E-state index in [1.807, 2.05) is 0 Å². The summed E-state index contributed by atoms with van der Waals surface area (Å²) in [4.78, 5) is 0. The lowest BCUT2D eigenvalue weighted by Gasteiger charge is -2.34. The molecule has 3 aromatic carbocycles. The van der Waals surface area contributed by atoms with E-state index in [4.69, 9.17) is 6.42 Å². The molecule has 0 amide bonds. The van der Waals surface area contributed by atoms with E-state index >= 15 is 0 Å². The molecule has 0 bridgehead atoms. The molecule has 0 aliphatic heterocycles. The van der Waals surface area contributed by atoms with E-state index in [0.29, 0.717) is 0 Å². The predicted octanol–water partition coefficient (Wildman–Crippen LogP) is 17.3. The molecule has 0 unspecified atom stereocenters. The number of fused-ring (bicyclic) bond motifs is 3. The summed E-state index contributed by atoms with van der Waals surface area (Å²) in [7, 11) is 0. The van der Waals surface area contributed by atoms with Crippen molar-refractivity contribution in [2.45, 2.75) is 212 Å². The summed E-state index contributed by atoms with van der Waals surface area (Å²) in [5.74, 6) is 3.03. The third kappa shape index (κ3) is 13.8. The molecule has 0 nitrogen and oxygen atoms in total. The van der Waals surface area contributed by atoms with Crippen molar-refractivity contribution < 1.29 is 0 Å². The van der Waals surface area contributed by atoms with Crippen LogP contribution in [0.1, 0.15) is 223 Å². The van der Waals surface area contributed by atoms with Crippen LogP contribution in [-0.2, 0) is 5.41 Å². The van der Waals surface area contributed by atoms with Gasteiger partial charge in [0.25, 0.3) is 0 Å². The summed E-state index contributed by atoms with van der Waals surface area (Å²) in [6.45, 7) is 4.62. The van der Waals surface area contributed by atoms with E-state index in [9.17, 15) is 0 Å². The zero-order valence-electron chi connectivity index (χ0n) is 34.6. The number of terminal acetylenes is 1. The largest absolute Gasteiger partial charge is 0.115 e. The van der Waals surface area contributed by atoms with Crippen molar-refractivity contribution in [3.8, 4) is 34.6 Å². The first kappa shape index (κ1) is 43.0. The zero-order valence-corrected chi connectivity index (χ0v) is 34.6.